The fourth-order valence-electron chi connectivity index (χ4n) is 2.27. The van der Waals surface area contributed by atoms with Crippen molar-refractivity contribution in [1.82, 2.24) is 0 Å². The Kier molecular flexibility index (Phi) is 11.3. The summed E-state index contributed by atoms with van der Waals surface area (Å²) in [5.41, 5.74) is 0.0103. The van der Waals surface area contributed by atoms with Gasteiger partial charge in [0.15, 0.2) is 6.29 Å². The number of carboxylic acids is 1. The molecule has 0 saturated carbocycles. The van der Waals surface area contributed by atoms with Gasteiger partial charge in [0.05, 0.1) is 17.7 Å². The van der Waals surface area contributed by atoms with Crippen LogP contribution in [0.4, 0.5) is 0 Å². The van der Waals surface area contributed by atoms with Gasteiger partial charge in [0.1, 0.15) is 0 Å². The van der Waals surface area contributed by atoms with Gasteiger partial charge in [-0.2, -0.15) is 0 Å². The molecule has 0 heterocycles. The van der Waals surface area contributed by atoms with Gasteiger partial charge < -0.3 is 19.3 Å². The molecule has 1 aromatic rings. The summed E-state index contributed by atoms with van der Waals surface area (Å²) in [6.07, 6.45) is 5.00. The van der Waals surface area contributed by atoms with Crippen LogP contribution >= 0.6 is 0 Å². The number of benzene rings is 1. The number of rotatable bonds is 14. The van der Waals surface area contributed by atoms with Crippen LogP contribution in [0.1, 0.15) is 73.1 Å². The van der Waals surface area contributed by atoms with E-state index in [9.17, 15) is 9.59 Å². The molecule has 0 aliphatic heterocycles. The molecule has 1 N–H and O–H groups in total. The summed E-state index contributed by atoms with van der Waals surface area (Å²) in [6, 6.07) is 6.03. The lowest BCUT2D eigenvalue weighted by molar-refractivity contribution is -0.148. The van der Waals surface area contributed by atoms with Gasteiger partial charge in [-0.25, -0.2) is 9.59 Å². The van der Waals surface area contributed by atoms with Crippen molar-refractivity contribution in [1.29, 1.82) is 0 Å². The molecule has 0 unspecified atom stereocenters. The first-order chi connectivity index (χ1) is 12.6. The van der Waals surface area contributed by atoms with E-state index in [1.165, 1.54) is 12.1 Å². The zero-order valence-corrected chi connectivity index (χ0v) is 15.7. The highest BCUT2D eigenvalue weighted by Gasteiger charge is 2.17. The highest BCUT2D eigenvalue weighted by molar-refractivity contribution is 6.02. The van der Waals surface area contributed by atoms with Crippen molar-refractivity contribution in [3.63, 3.8) is 0 Å². The fourth-order valence-corrected chi connectivity index (χ4v) is 2.27. The second-order valence-electron chi connectivity index (χ2n) is 6.01. The van der Waals surface area contributed by atoms with E-state index in [-0.39, 0.29) is 24.0 Å². The lowest BCUT2D eigenvalue weighted by Gasteiger charge is -2.18. The van der Waals surface area contributed by atoms with E-state index in [0.29, 0.717) is 26.1 Å². The van der Waals surface area contributed by atoms with Gasteiger partial charge in [-0.3, -0.25) is 0 Å². The van der Waals surface area contributed by atoms with E-state index >= 15 is 0 Å². The molecule has 0 aliphatic carbocycles. The molecule has 1 rings (SSSR count). The molecule has 0 spiro atoms. The normalized spacial score (nSPS) is 10.9. The Bertz CT molecular complexity index is 533. The van der Waals surface area contributed by atoms with Crippen molar-refractivity contribution in [2.45, 2.75) is 58.7 Å². The van der Waals surface area contributed by atoms with E-state index < -0.39 is 11.9 Å². The summed E-state index contributed by atoms with van der Waals surface area (Å²) < 4.78 is 16.7. The number of carbonyl (C=O) groups is 2. The number of hydrogen-bond donors (Lipinski definition) is 1. The van der Waals surface area contributed by atoms with E-state index in [2.05, 4.69) is 13.8 Å². The first-order valence-electron chi connectivity index (χ1n) is 9.32. The van der Waals surface area contributed by atoms with Gasteiger partial charge in [0, 0.05) is 19.6 Å². The molecule has 0 amide bonds. The Morgan fingerprint density at radius 1 is 0.923 bits per heavy atom. The van der Waals surface area contributed by atoms with Gasteiger partial charge in [0.25, 0.3) is 0 Å². The molecule has 0 radical (unpaired) electrons. The quantitative estimate of drug-likeness (QED) is 0.301. The minimum absolute atomic E-state index is 0.0545. The summed E-state index contributed by atoms with van der Waals surface area (Å²) in [7, 11) is 0. The van der Waals surface area contributed by atoms with Crippen LogP contribution in [0.2, 0.25) is 0 Å². The Morgan fingerprint density at radius 3 is 2.04 bits per heavy atom. The summed E-state index contributed by atoms with van der Waals surface area (Å²) in [5, 5.41) is 9.12. The van der Waals surface area contributed by atoms with Gasteiger partial charge >= 0.3 is 11.9 Å². The highest BCUT2D eigenvalue weighted by Crippen LogP contribution is 2.12. The molecular weight excluding hydrogens is 336 g/mol. The second kappa shape index (κ2) is 13.3. The number of carbonyl (C=O) groups excluding carboxylic acids is 1. The number of unbranched alkanes of at least 4 members (excludes halogenated alkanes) is 2. The average Bonchev–Trinajstić information content (AvgIpc) is 2.64. The second-order valence-corrected chi connectivity index (χ2v) is 6.01. The molecule has 0 atom stereocenters. The van der Waals surface area contributed by atoms with Crippen LogP contribution in [0.5, 0.6) is 0 Å². The summed E-state index contributed by atoms with van der Waals surface area (Å²) in [4.78, 5) is 23.2. The predicted molar refractivity (Wildman–Crippen MR) is 98.4 cm³/mol. The van der Waals surface area contributed by atoms with Gasteiger partial charge in [-0.05, 0) is 31.4 Å². The predicted octanol–water partition coefficient (Wildman–Crippen LogP) is 4.28. The van der Waals surface area contributed by atoms with Crippen LogP contribution in [-0.4, -0.2) is 43.2 Å². The maximum Gasteiger partial charge on any atom is 0.339 e. The number of esters is 1. The monoisotopic (exact) mass is 366 g/mol. The summed E-state index contributed by atoms with van der Waals surface area (Å²) in [5.74, 6) is -1.77. The van der Waals surface area contributed by atoms with Gasteiger partial charge in [0.2, 0.25) is 0 Å². The van der Waals surface area contributed by atoms with Crippen molar-refractivity contribution in [2.75, 3.05) is 19.8 Å². The number of hydrogen-bond acceptors (Lipinski definition) is 5. The smallest absolute Gasteiger partial charge is 0.339 e. The minimum Gasteiger partial charge on any atom is -0.478 e. The third kappa shape index (κ3) is 8.45. The summed E-state index contributed by atoms with van der Waals surface area (Å²) in [6.45, 7) is 5.70. The molecule has 6 nitrogen and oxygen atoms in total. The van der Waals surface area contributed by atoms with E-state index in [0.717, 1.165) is 25.7 Å². The molecule has 0 saturated heterocycles. The first-order valence-corrected chi connectivity index (χ1v) is 9.32. The highest BCUT2D eigenvalue weighted by atomic mass is 16.7. The van der Waals surface area contributed by atoms with Crippen LogP contribution in [0.3, 0.4) is 0 Å². The van der Waals surface area contributed by atoms with E-state index in [1.54, 1.807) is 12.1 Å². The maximum absolute atomic E-state index is 12.1. The molecule has 1 aromatic carbocycles. The zero-order chi connectivity index (χ0) is 19.2. The molecule has 146 valence electrons. The molecule has 0 bridgehead atoms. The Hall–Kier alpha value is -1.92. The van der Waals surface area contributed by atoms with Crippen molar-refractivity contribution < 1.29 is 28.9 Å². The topological polar surface area (TPSA) is 82.1 Å². The Balaban J connectivity index is 2.41. The zero-order valence-electron chi connectivity index (χ0n) is 15.7. The van der Waals surface area contributed by atoms with Crippen molar-refractivity contribution in [3.05, 3.63) is 35.4 Å². The molecular formula is C20H30O6. The Labute approximate surface area is 155 Å². The molecule has 0 fully saturated rings. The molecule has 0 aromatic heterocycles. The fraction of sp³-hybridized carbons (Fsp3) is 0.600. The van der Waals surface area contributed by atoms with Crippen molar-refractivity contribution >= 4 is 11.9 Å². The number of carboxylic acid groups (broad SMARTS) is 1. The molecule has 26 heavy (non-hydrogen) atoms. The largest absolute Gasteiger partial charge is 0.478 e. The van der Waals surface area contributed by atoms with Gasteiger partial charge in [-0.15, -0.1) is 0 Å². The third-order valence-corrected chi connectivity index (χ3v) is 3.80. The average molecular weight is 366 g/mol. The maximum atomic E-state index is 12.1. The van der Waals surface area contributed by atoms with E-state index in [4.69, 9.17) is 19.3 Å². The SMILES string of the molecule is CCCCOC(CCCOC(=O)c1ccccc1C(=O)O)OCCCC. The van der Waals surface area contributed by atoms with Crippen LogP contribution < -0.4 is 0 Å². The molecule has 6 heteroatoms. The van der Waals surface area contributed by atoms with Crippen LogP contribution in [0, 0.1) is 0 Å². The molecule has 0 aliphatic rings. The standard InChI is InChI=1S/C20H30O6/c1-3-5-13-24-18(25-14-6-4-2)12-9-15-26-20(23)17-11-8-7-10-16(17)19(21)22/h7-8,10-11,18H,3-6,9,12-15H2,1-2H3,(H,21,22). The van der Waals surface area contributed by atoms with Gasteiger partial charge in [-0.1, -0.05) is 38.8 Å². The third-order valence-electron chi connectivity index (χ3n) is 3.80. The number of aromatic carboxylic acids is 1. The van der Waals surface area contributed by atoms with Crippen LogP contribution in [0.15, 0.2) is 24.3 Å². The van der Waals surface area contributed by atoms with Crippen molar-refractivity contribution in [3.8, 4) is 0 Å². The number of ether oxygens (including phenoxy) is 3. The minimum atomic E-state index is -1.15. The summed E-state index contributed by atoms with van der Waals surface area (Å²) >= 11 is 0. The lowest BCUT2D eigenvalue weighted by atomic mass is 10.1. The Morgan fingerprint density at radius 2 is 1.50 bits per heavy atom. The van der Waals surface area contributed by atoms with E-state index in [1.807, 2.05) is 0 Å². The van der Waals surface area contributed by atoms with Crippen molar-refractivity contribution in [2.24, 2.45) is 0 Å². The van der Waals surface area contributed by atoms with Crippen LogP contribution in [0.25, 0.3) is 0 Å². The van der Waals surface area contributed by atoms with Crippen LogP contribution in [-0.2, 0) is 14.2 Å². The first kappa shape index (κ1) is 22.1. The lowest BCUT2D eigenvalue weighted by Crippen LogP contribution is -2.20.